The number of likely N-dealkylation sites (tertiary alicyclic amines) is 1. The SMILES string of the molecule is CCCc1c(C(=O)Nc2ccc(CN3CCCC(C(N)=O)C3)cc2)[nH]c(C)c1C(C)=O. The molecule has 1 atom stereocenters. The first-order valence-electron chi connectivity index (χ1n) is 10.9. The largest absolute Gasteiger partial charge is 0.369 e. The quantitative estimate of drug-likeness (QED) is 0.564. The molecular formula is C24H32N4O3. The van der Waals surface area contributed by atoms with E-state index in [1.807, 2.05) is 38.1 Å². The molecule has 7 nitrogen and oxygen atoms in total. The molecule has 4 N–H and O–H groups in total. The van der Waals surface area contributed by atoms with Gasteiger partial charge in [0.05, 0.1) is 5.92 Å². The number of hydrogen-bond acceptors (Lipinski definition) is 4. The number of primary amides is 1. The summed E-state index contributed by atoms with van der Waals surface area (Å²) in [6.45, 7) is 7.78. The summed E-state index contributed by atoms with van der Waals surface area (Å²) in [5.41, 5.74) is 9.88. The number of nitrogens with one attached hydrogen (secondary N) is 2. The zero-order valence-electron chi connectivity index (χ0n) is 18.6. The van der Waals surface area contributed by atoms with E-state index in [2.05, 4.69) is 15.2 Å². The third kappa shape index (κ3) is 5.41. The van der Waals surface area contributed by atoms with E-state index in [0.717, 1.165) is 49.2 Å². The van der Waals surface area contributed by atoms with Crippen molar-refractivity contribution in [2.24, 2.45) is 11.7 Å². The predicted molar refractivity (Wildman–Crippen MR) is 121 cm³/mol. The first kappa shape index (κ1) is 22.7. The fraction of sp³-hybridized carbons (Fsp3) is 0.458. The van der Waals surface area contributed by atoms with Crippen LogP contribution in [0.25, 0.3) is 0 Å². The molecule has 1 aliphatic heterocycles. The second-order valence-electron chi connectivity index (χ2n) is 8.41. The van der Waals surface area contributed by atoms with Crippen LogP contribution in [0.4, 0.5) is 5.69 Å². The molecule has 3 rings (SSSR count). The lowest BCUT2D eigenvalue weighted by atomic mass is 9.97. The van der Waals surface area contributed by atoms with Gasteiger partial charge in [-0.2, -0.15) is 0 Å². The Labute approximate surface area is 183 Å². The van der Waals surface area contributed by atoms with Gasteiger partial charge >= 0.3 is 0 Å². The van der Waals surface area contributed by atoms with E-state index in [-0.39, 0.29) is 23.5 Å². The number of hydrogen-bond donors (Lipinski definition) is 3. The topological polar surface area (TPSA) is 108 Å². The molecule has 1 aromatic heterocycles. The predicted octanol–water partition coefficient (Wildman–Crippen LogP) is 3.43. The fourth-order valence-electron chi connectivity index (χ4n) is 4.42. The number of carbonyl (C=O) groups is 3. The minimum atomic E-state index is -0.243. The maximum absolute atomic E-state index is 12.9. The number of benzene rings is 1. The van der Waals surface area contributed by atoms with Gasteiger partial charge in [-0.05, 0) is 62.9 Å². The van der Waals surface area contributed by atoms with E-state index in [9.17, 15) is 14.4 Å². The molecule has 1 aliphatic rings. The highest BCUT2D eigenvalue weighted by Gasteiger charge is 2.24. The number of Topliss-reactive ketones (excluding diaryl/α,β-unsaturated/α-hetero) is 1. The van der Waals surface area contributed by atoms with Crippen molar-refractivity contribution in [1.29, 1.82) is 0 Å². The summed E-state index contributed by atoms with van der Waals surface area (Å²) in [5.74, 6) is -0.574. The van der Waals surface area contributed by atoms with Crippen molar-refractivity contribution < 1.29 is 14.4 Å². The molecule has 0 aliphatic carbocycles. The molecule has 7 heteroatoms. The van der Waals surface area contributed by atoms with E-state index in [1.165, 1.54) is 6.92 Å². The lowest BCUT2D eigenvalue weighted by Gasteiger charge is -2.31. The Morgan fingerprint density at radius 1 is 1.23 bits per heavy atom. The Morgan fingerprint density at radius 2 is 1.94 bits per heavy atom. The first-order chi connectivity index (χ1) is 14.8. The van der Waals surface area contributed by atoms with Crippen LogP contribution in [0.1, 0.15) is 70.8 Å². The van der Waals surface area contributed by atoms with E-state index in [4.69, 9.17) is 5.73 Å². The van der Waals surface area contributed by atoms with Gasteiger partial charge in [0.1, 0.15) is 5.69 Å². The number of aryl methyl sites for hydroxylation is 1. The van der Waals surface area contributed by atoms with Crippen LogP contribution in [0.2, 0.25) is 0 Å². The number of aromatic nitrogens is 1. The number of rotatable bonds is 8. The standard InChI is InChI=1S/C24H32N4O3/c1-4-6-20-21(16(3)29)15(2)26-22(20)24(31)27-19-10-8-17(9-11-19)13-28-12-5-7-18(14-28)23(25)30/h8-11,18,26H,4-7,12-14H2,1-3H3,(H2,25,30)(H,27,31). The normalized spacial score (nSPS) is 16.8. The van der Waals surface area contributed by atoms with E-state index in [1.54, 1.807) is 0 Å². The summed E-state index contributed by atoms with van der Waals surface area (Å²) in [4.78, 5) is 41.7. The highest BCUT2D eigenvalue weighted by molar-refractivity contribution is 6.07. The number of amides is 2. The third-order valence-corrected chi connectivity index (χ3v) is 5.90. The van der Waals surface area contributed by atoms with E-state index in [0.29, 0.717) is 29.9 Å². The average molecular weight is 425 g/mol. The Morgan fingerprint density at radius 3 is 2.55 bits per heavy atom. The number of nitrogens with two attached hydrogens (primary N) is 1. The molecule has 0 spiro atoms. The summed E-state index contributed by atoms with van der Waals surface area (Å²) >= 11 is 0. The maximum Gasteiger partial charge on any atom is 0.272 e. The Bertz CT molecular complexity index is 962. The van der Waals surface area contributed by atoms with Crippen LogP contribution in [0.5, 0.6) is 0 Å². The number of aromatic amines is 1. The van der Waals surface area contributed by atoms with Crippen LogP contribution < -0.4 is 11.1 Å². The van der Waals surface area contributed by atoms with Crippen LogP contribution in [0, 0.1) is 12.8 Å². The summed E-state index contributed by atoms with van der Waals surface area (Å²) in [6.07, 6.45) is 3.35. The van der Waals surface area contributed by atoms with Crippen LogP contribution >= 0.6 is 0 Å². The van der Waals surface area contributed by atoms with Crippen LogP contribution in [-0.2, 0) is 17.8 Å². The van der Waals surface area contributed by atoms with Crippen molar-refractivity contribution >= 4 is 23.3 Å². The minimum Gasteiger partial charge on any atom is -0.369 e. The summed E-state index contributed by atoms with van der Waals surface area (Å²) < 4.78 is 0. The monoisotopic (exact) mass is 424 g/mol. The van der Waals surface area contributed by atoms with Crippen molar-refractivity contribution in [3.05, 3.63) is 52.3 Å². The van der Waals surface area contributed by atoms with Gasteiger partial charge in [0.2, 0.25) is 5.91 Å². The highest BCUT2D eigenvalue weighted by Crippen LogP contribution is 2.23. The van der Waals surface area contributed by atoms with Crippen molar-refractivity contribution in [3.8, 4) is 0 Å². The zero-order valence-corrected chi connectivity index (χ0v) is 18.6. The molecule has 1 unspecified atom stereocenters. The van der Waals surface area contributed by atoms with Crippen LogP contribution in [-0.4, -0.2) is 40.6 Å². The molecule has 2 heterocycles. The second kappa shape index (κ2) is 9.92. The number of ketones is 1. The van der Waals surface area contributed by atoms with Gasteiger partial charge in [-0.15, -0.1) is 0 Å². The molecule has 2 amide bonds. The summed E-state index contributed by atoms with van der Waals surface area (Å²) in [7, 11) is 0. The van der Waals surface area contributed by atoms with Gasteiger partial charge in [-0.25, -0.2) is 0 Å². The summed E-state index contributed by atoms with van der Waals surface area (Å²) in [6, 6.07) is 7.72. The Hall–Kier alpha value is -2.93. The molecule has 1 aromatic carbocycles. The minimum absolute atomic E-state index is 0.0307. The number of nitrogens with zero attached hydrogens (tertiary/aromatic N) is 1. The Balaban J connectivity index is 1.67. The van der Waals surface area contributed by atoms with Crippen molar-refractivity contribution in [2.75, 3.05) is 18.4 Å². The molecule has 0 radical (unpaired) electrons. The molecule has 1 fully saturated rings. The van der Waals surface area contributed by atoms with Crippen molar-refractivity contribution in [3.63, 3.8) is 0 Å². The van der Waals surface area contributed by atoms with Crippen molar-refractivity contribution in [2.45, 2.75) is 53.0 Å². The molecule has 2 aromatic rings. The molecule has 31 heavy (non-hydrogen) atoms. The lowest BCUT2D eigenvalue weighted by molar-refractivity contribution is -0.123. The summed E-state index contributed by atoms with van der Waals surface area (Å²) in [5, 5.41) is 2.93. The molecule has 166 valence electrons. The molecule has 0 bridgehead atoms. The van der Waals surface area contributed by atoms with Crippen LogP contribution in [0.3, 0.4) is 0 Å². The third-order valence-electron chi connectivity index (χ3n) is 5.90. The number of H-pyrrole nitrogens is 1. The lowest BCUT2D eigenvalue weighted by Crippen LogP contribution is -2.40. The zero-order chi connectivity index (χ0) is 22.5. The van der Waals surface area contributed by atoms with Gasteiger partial charge in [-0.1, -0.05) is 25.5 Å². The van der Waals surface area contributed by atoms with Gasteiger partial charge in [-0.3, -0.25) is 19.3 Å². The van der Waals surface area contributed by atoms with Gasteiger partial charge in [0.25, 0.3) is 5.91 Å². The average Bonchev–Trinajstić information content (AvgIpc) is 3.06. The first-order valence-corrected chi connectivity index (χ1v) is 10.9. The second-order valence-corrected chi connectivity index (χ2v) is 8.41. The number of anilines is 1. The van der Waals surface area contributed by atoms with Gasteiger partial charge in [0.15, 0.2) is 5.78 Å². The fourth-order valence-corrected chi connectivity index (χ4v) is 4.42. The maximum atomic E-state index is 12.9. The molecule has 1 saturated heterocycles. The number of piperidine rings is 1. The Kier molecular flexibility index (Phi) is 7.28. The number of carbonyl (C=O) groups excluding carboxylic acids is 3. The molecular weight excluding hydrogens is 392 g/mol. The van der Waals surface area contributed by atoms with Gasteiger partial charge in [0, 0.05) is 30.0 Å². The molecule has 0 saturated carbocycles. The highest BCUT2D eigenvalue weighted by atomic mass is 16.2. The van der Waals surface area contributed by atoms with Crippen LogP contribution in [0.15, 0.2) is 24.3 Å². The smallest absolute Gasteiger partial charge is 0.272 e. The van der Waals surface area contributed by atoms with Crippen molar-refractivity contribution in [1.82, 2.24) is 9.88 Å². The van der Waals surface area contributed by atoms with E-state index >= 15 is 0 Å². The van der Waals surface area contributed by atoms with Gasteiger partial charge < -0.3 is 16.0 Å². The van der Waals surface area contributed by atoms with E-state index < -0.39 is 0 Å².